The monoisotopic (exact) mass is 369 g/mol. The number of nitrogens with zero attached hydrogens (tertiary/aromatic N) is 1. The third kappa shape index (κ3) is 4.33. The predicted octanol–water partition coefficient (Wildman–Crippen LogP) is 4.96. The number of carbonyl (C=O) groups is 2. The van der Waals surface area contributed by atoms with Crippen LogP contribution in [0, 0.1) is 25.2 Å². The van der Waals surface area contributed by atoms with Gasteiger partial charge < -0.3 is 4.74 Å². The van der Waals surface area contributed by atoms with Crippen molar-refractivity contribution in [2.75, 3.05) is 0 Å². The molecule has 0 aromatic heterocycles. The van der Waals surface area contributed by atoms with Crippen molar-refractivity contribution in [3.05, 3.63) is 106 Å². The summed E-state index contributed by atoms with van der Waals surface area (Å²) in [4.78, 5) is 25.7. The van der Waals surface area contributed by atoms with Crippen molar-refractivity contribution in [1.29, 1.82) is 5.26 Å². The van der Waals surface area contributed by atoms with Crippen molar-refractivity contribution in [3.63, 3.8) is 0 Å². The maximum atomic E-state index is 13.1. The molecule has 0 saturated carbocycles. The zero-order valence-corrected chi connectivity index (χ0v) is 15.7. The highest BCUT2D eigenvalue weighted by Crippen LogP contribution is 2.25. The molecule has 0 aliphatic rings. The minimum absolute atomic E-state index is 0.285. The maximum absolute atomic E-state index is 13.1. The summed E-state index contributed by atoms with van der Waals surface area (Å²) in [5, 5.41) is 8.89. The van der Waals surface area contributed by atoms with Gasteiger partial charge in [-0.1, -0.05) is 59.7 Å². The van der Waals surface area contributed by atoms with Crippen LogP contribution in [0.3, 0.4) is 0 Å². The molecule has 0 unspecified atom stereocenters. The Bertz CT molecular complexity index is 1030. The van der Waals surface area contributed by atoms with E-state index in [4.69, 9.17) is 10.00 Å². The topological polar surface area (TPSA) is 67.2 Å². The molecule has 0 radical (unpaired) electrons. The van der Waals surface area contributed by atoms with E-state index in [9.17, 15) is 9.59 Å². The van der Waals surface area contributed by atoms with Crippen molar-refractivity contribution >= 4 is 11.8 Å². The average Bonchev–Trinajstić information content (AvgIpc) is 2.73. The van der Waals surface area contributed by atoms with E-state index in [0.717, 1.165) is 11.1 Å². The van der Waals surface area contributed by atoms with Gasteiger partial charge in [0.1, 0.15) is 0 Å². The first kappa shape index (κ1) is 19.1. The third-order valence-corrected chi connectivity index (χ3v) is 4.43. The molecule has 4 heteroatoms. The van der Waals surface area contributed by atoms with Crippen LogP contribution < -0.4 is 0 Å². The van der Waals surface area contributed by atoms with Crippen molar-refractivity contribution < 1.29 is 14.3 Å². The van der Waals surface area contributed by atoms with Crippen LogP contribution in [0.4, 0.5) is 0 Å². The van der Waals surface area contributed by atoms with E-state index in [1.54, 1.807) is 36.4 Å². The van der Waals surface area contributed by atoms with Gasteiger partial charge in [-0.2, -0.15) is 5.26 Å². The summed E-state index contributed by atoms with van der Waals surface area (Å²) in [5.74, 6) is -0.902. The summed E-state index contributed by atoms with van der Waals surface area (Å²) in [5.41, 5.74) is 3.90. The predicted molar refractivity (Wildman–Crippen MR) is 106 cm³/mol. The van der Waals surface area contributed by atoms with Crippen molar-refractivity contribution in [1.82, 2.24) is 0 Å². The van der Waals surface area contributed by atoms with E-state index in [2.05, 4.69) is 0 Å². The van der Waals surface area contributed by atoms with Crippen LogP contribution in [-0.4, -0.2) is 11.8 Å². The quantitative estimate of drug-likeness (QED) is 0.471. The Labute approximate surface area is 164 Å². The normalized spacial score (nSPS) is 11.3. The zero-order chi connectivity index (χ0) is 20.1. The van der Waals surface area contributed by atoms with E-state index in [0.29, 0.717) is 16.7 Å². The van der Waals surface area contributed by atoms with Gasteiger partial charge in [0.15, 0.2) is 6.10 Å². The summed E-state index contributed by atoms with van der Waals surface area (Å²) in [7, 11) is 0. The number of ether oxygens (including phenoxy) is 1. The number of Topliss-reactive ketones (excluding diaryl/α,β-unsaturated/α-hetero) is 1. The summed E-state index contributed by atoms with van der Waals surface area (Å²) >= 11 is 0. The molecule has 4 nitrogen and oxygen atoms in total. The van der Waals surface area contributed by atoms with Crippen LogP contribution in [0.1, 0.15) is 49.1 Å². The number of ketones is 1. The average molecular weight is 369 g/mol. The van der Waals surface area contributed by atoms with Gasteiger partial charge in [0, 0.05) is 11.1 Å². The molecule has 3 rings (SSSR count). The summed E-state index contributed by atoms with van der Waals surface area (Å²) in [6, 6.07) is 22.6. The lowest BCUT2D eigenvalue weighted by Gasteiger charge is -2.18. The van der Waals surface area contributed by atoms with E-state index in [-0.39, 0.29) is 11.3 Å². The molecule has 0 heterocycles. The number of aryl methyl sites for hydroxylation is 2. The molecule has 3 aromatic rings. The first-order valence-corrected chi connectivity index (χ1v) is 8.86. The highest BCUT2D eigenvalue weighted by atomic mass is 16.5. The molecule has 1 atom stereocenters. The third-order valence-electron chi connectivity index (χ3n) is 4.43. The molecule has 0 bridgehead atoms. The Morgan fingerprint density at radius 2 is 1.29 bits per heavy atom. The van der Waals surface area contributed by atoms with Crippen LogP contribution in [0.15, 0.2) is 72.8 Å². The zero-order valence-electron chi connectivity index (χ0n) is 15.7. The summed E-state index contributed by atoms with van der Waals surface area (Å²) in [6.45, 7) is 3.89. The smallest absolute Gasteiger partial charge is 0.339 e. The molecule has 3 aromatic carbocycles. The minimum atomic E-state index is -1.05. The van der Waals surface area contributed by atoms with Gasteiger partial charge in [-0.15, -0.1) is 0 Å². The Balaban J connectivity index is 1.92. The van der Waals surface area contributed by atoms with Gasteiger partial charge >= 0.3 is 5.97 Å². The van der Waals surface area contributed by atoms with E-state index in [1.807, 2.05) is 44.2 Å². The number of nitriles is 1. The second kappa shape index (κ2) is 8.32. The summed E-state index contributed by atoms with van der Waals surface area (Å²) < 4.78 is 5.61. The second-order valence-electron chi connectivity index (χ2n) is 6.62. The Hall–Kier alpha value is -3.71. The van der Waals surface area contributed by atoms with E-state index in [1.165, 1.54) is 12.1 Å². The standard InChI is InChI=1S/C24H19NO3/c1-16-3-9-19(10-4-16)22(26)23(20-11-5-17(2)6-12-20)28-24(27)21-13-7-18(15-25)8-14-21/h3-14,23H,1-2H3/t23-/m1/s1. The SMILES string of the molecule is Cc1ccc(C(=O)[C@H](OC(=O)c2ccc(C#N)cc2)c2ccc(C)cc2)cc1. The highest BCUT2D eigenvalue weighted by Gasteiger charge is 2.26. The Morgan fingerprint density at radius 3 is 1.82 bits per heavy atom. The lowest BCUT2D eigenvalue weighted by molar-refractivity contribution is 0.0280. The van der Waals surface area contributed by atoms with Crippen LogP contribution in [-0.2, 0) is 4.74 Å². The van der Waals surface area contributed by atoms with Crippen molar-refractivity contribution in [3.8, 4) is 6.07 Å². The van der Waals surface area contributed by atoms with Gasteiger partial charge in [0.2, 0.25) is 5.78 Å². The molecule has 28 heavy (non-hydrogen) atoms. The minimum Gasteiger partial charge on any atom is -0.445 e. The fourth-order valence-electron chi connectivity index (χ4n) is 2.74. The van der Waals surface area contributed by atoms with Gasteiger partial charge in [-0.05, 0) is 38.1 Å². The molecule has 138 valence electrons. The lowest BCUT2D eigenvalue weighted by atomic mass is 9.98. The highest BCUT2D eigenvalue weighted by molar-refractivity contribution is 6.02. The van der Waals surface area contributed by atoms with Crippen molar-refractivity contribution in [2.24, 2.45) is 0 Å². The number of hydrogen-bond donors (Lipinski definition) is 0. The second-order valence-corrected chi connectivity index (χ2v) is 6.62. The van der Waals surface area contributed by atoms with Crippen molar-refractivity contribution in [2.45, 2.75) is 20.0 Å². The molecule has 0 saturated heterocycles. The molecular weight excluding hydrogens is 350 g/mol. The molecular formula is C24H19NO3. The van der Waals surface area contributed by atoms with Gasteiger partial charge in [0.05, 0.1) is 17.2 Å². The Morgan fingerprint density at radius 1 is 0.786 bits per heavy atom. The van der Waals surface area contributed by atoms with Gasteiger partial charge in [-0.25, -0.2) is 4.79 Å². The van der Waals surface area contributed by atoms with Crippen LogP contribution >= 0.6 is 0 Å². The van der Waals surface area contributed by atoms with Crippen LogP contribution in [0.2, 0.25) is 0 Å². The number of esters is 1. The molecule has 0 N–H and O–H groups in total. The van der Waals surface area contributed by atoms with E-state index < -0.39 is 12.1 Å². The number of rotatable bonds is 5. The first-order valence-electron chi connectivity index (χ1n) is 8.86. The van der Waals surface area contributed by atoms with Gasteiger partial charge in [0.25, 0.3) is 0 Å². The molecule has 0 aliphatic carbocycles. The Kier molecular flexibility index (Phi) is 5.67. The molecule has 0 aliphatic heterocycles. The first-order chi connectivity index (χ1) is 13.5. The fourth-order valence-corrected chi connectivity index (χ4v) is 2.74. The lowest BCUT2D eigenvalue weighted by Crippen LogP contribution is -2.20. The molecule has 0 amide bonds. The number of benzene rings is 3. The molecule has 0 fully saturated rings. The van der Waals surface area contributed by atoms with Crippen LogP contribution in [0.5, 0.6) is 0 Å². The van der Waals surface area contributed by atoms with Crippen LogP contribution in [0.25, 0.3) is 0 Å². The maximum Gasteiger partial charge on any atom is 0.339 e. The number of carbonyl (C=O) groups excluding carboxylic acids is 2. The largest absolute Gasteiger partial charge is 0.445 e. The van der Waals surface area contributed by atoms with E-state index >= 15 is 0 Å². The van der Waals surface area contributed by atoms with Gasteiger partial charge in [-0.3, -0.25) is 4.79 Å². The number of hydrogen-bond acceptors (Lipinski definition) is 4. The summed E-state index contributed by atoms with van der Waals surface area (Å²) in [6.07, 6.45) is -1.05. The molecule has 0 spiro atoms. The fraction of sp³-hybridized carbons (Fsp3) is 0.125.